The van der Waals surface area contributed by atoms with Gasteiger partial charge in [-0.25, -0.2) is 0 Å². The molecule has 1 nitrogen and oxygen atoms in total. The average molecular weight is 284 g/mol. The molecule has 0 amide bonds. The van der Waals surface area contributed by atoms with Crippen LogP contribution < -0.4 is 4.90 Å². The summed E-state index contributed by atoms with van der Waals surface area (Å²) in [7, 11) is -0.832. The van der Waals surface area contributed by atoms with Gasteiger partial charge < -0.3 is 4.90 Å². The maximum absolute atomic E-state index is 3.53. The Morgan fingerprint density at radius 1 is 1.20 bits per heavy atom. The van der Waals surface area contributed by atoms with Gasteiger partial charge in [0.05, 0.1) is 8.07 Å². The summed E-state index contributed by atoms with van der Waals surface area (Å²) in [4.78, 5) is 2.52. The molecular formula is C12H18BrNSi. The van der Waals surface area contributed by atoms with Gasteiger partial charge in [0.25, 0.3) is 0 Å². The normalized spacial score (nSPS) is 20.3. The maximum Gasteiger partial charge on any atom is 0.0508 e. The van der Waals surface area contributed by atoms with Gasteiger partial charge in [-0.1, -0.05) is 35.1 Å². The molecule has 82 valence electrons. The lowest BCUT2D eigenvalue weighted by atomic mass is 10.3. The zero-order valence-corrected chi connectivity index (χ0v) is 12.0. The van der Waals surface area contributed by atoms with Crippen molar-refractivity contribution >= 4 is 29.7 Å². The Bertz CT molecular complexity index is 341. The zero-order chi connectivity index (χ0) is 10.9. The molecule has 0 atom stereocenters. The fourth-order valence-electron chi connectivity index (χ4n) is 2.04. The molecule has 2 rings (SSSR count). The first-order valence-corrected chi connectivity index (χ1v) is 9.78. The van der Waals surface area contributed by atoms with Crippen LogP contribution in [0.2, 0.25) is 25.2 Å². The van der Waals surface area contributed by atoms with E-state index in [1.54, 1.807) is 0 Å². The van der Waals surface area contributed by atoms with Crippen LogP contribution in [0.4, 0.5) is 5.69 Å². The third kappa shape index (κ3) is 2.85. The molecule has 0 saturated carbocycles. The summed E-state index contributed by atoms with van der Waals surface area (Å²) in [5.74, 6) is 0. The van der Waals surface area contributed by atoms with Gasteiger partial charge in [0.15, 0.2) is 0 Å². The highest BCUT2D eigenvalue weighted by Gasteiger charge is 2.27. The second kappa shape index (κ2) is 4.30. The highest BCUT2D eigenvalue weighted by Crippen LogP contribution is 2.27. The highest BCUT2D eigenvalue weighted by molar-refractivity contribution is 9.10. The Labute approximate surface area is 102 Å². The predicted molar refractivity (Wildman–Crippen MR) is 73.5 cm³/mol. The summed E-state index contributed by atoms with van der Waals surface area (Å²) in [5.41, 5.74) is 1.37. The summed E-state index contributed by atoms with van der Waals surface area (Å²) >= 11 is 3.53. The molecule has 1 saturated heterocycles. The molecule has 3 heteroatoms. The lowest BCUT2D eigenvalue weighted by Crippen LogP contribution is -2.42. The van der Waals surface area contributed by atoms with Crippen LogP contribution in [0, 0.1) is 0 Å². The van der Waals surface area contributed by atoms with Crippen LogP contribution in [0.25, 0.3) is 0 Å². The van der Waals surface area contributed by atoms with E-state index in [-0.39, 0.29) is 0 Å². The van der Waals surface area contributed by atoms with E-state index < -0.39 is 8.07 Å². The number of benzene rings is 1. The van der Waals surface area contributed by atoms with Crippen LogP contribution in [-0.4, -0.2) is 21.2 Å². The summed E-state index contributed by atoms with van der Waals surface area (Å²) in [5, 5.41) is 0. The van der Waals surface area contributed by atoms with E-state index in [2.05, 4.69) is 58.2 Å². The van der Waals surface area contributed by atoms with Crippen molar-refractivity contribution in [2.24, 2.45) is 0 Å². The minimum atomic E-state index is -0.832. The highest BCUT2D eigenvalue weighted by atomic mass is 79.9. The molecule has 0 unspecified atom stereocenters. The Balaban J connectivity index is 2.08. The van der Waals surface area contributed by atoms with Crippen molar-refractivity contribution in [3.63, 3.8) is 0 Å². The second-order valence-electron chi connectivity index (χ2n) is 5.13. The Hall–Kier alpha value is -0.283. The topological polar surface area (TPSA) is 3.24 Å². The summed E-state index contributed by atoms with van der Waals surface area (Å²) < 4.78 is 1.18. The lowest BCUT2D eigenvalue weighted by Gasteiger charge is -2.37. The van der Waals surface area contributed by atoms with Crippen LogP contribution in [0.3, 0.4) is 0 Å². The third-order valence-electron chi connectivity index (χ3n) is 3.29. The van der Waals surface area contributed by atoms with Crippen LogP contribution >= 0.6 is 15.9 Å². The smallest absolute Gasteiger partial charge is 0.0508 e. The van der Waals surface area contributed by atoms with Crippen molar-refractivity contribution in [1.82, 2.24) is 0 Å². The van der Waals surface area contributed by atoms with E-state index in [0.717, 1.165) is 0 Å². The van der Waals surface area contributed by atoms with Gasteiger partial charge >= 0.3 is 0 Å². The van der Waals surface area contributed by atoms with Crippen molar-refractivity contribution in [3.05, 3.63) is 28.7 Å². The second-order valence-corrected chi connectivity index (χ2v) is 11.4. The van der Waals surface area contributed by atoms with Crippen molar-refractivity contribution in [2.75, 3.05) is 18.0 Å². The molecule has 0 bridgehead atoms. The van der Waals surface area contributed by atoms with Gasteiger partial charge in [-0.2, -0.15) is 0 Å². The van der Waals surface area contributed by atoms with E-state index in [0.29, 0.717) is 0 Å². The lowest BCUT2D eigenvalue weighted by molar-refractivity contribution is 0.806. The van der Waals surface area contributed by atoms with Gasteiger partial charge in [-0.3, -0.25) is 0 Å². The SMILES string of the molecule is C[Si]1(C)CCN(c2cccc(Br)c2)CC1. The number of hydrogen-bond donors (Lipinski definition) is 0. The standard InChI is InChI=1S/C12H18BrNSi/c1-15(2)8-6-14(7-9-15)12-5-3-4-11(13)10-12/h3-5,10H,6-9H2,1-2H3. The summed E-state index contributed by atoms with van der Waals surface area (Å²) in [6.07, 6.45) is 0. The molecule has 0 radical (unpaired) electrons. The average Bonchev–Trinajstić information content (AvgIpc) is 2.17. The third-order valence-corrected chi connectivity index (χ3v) is 6.94. The van der Waals surface area contributed by atoms with E-state index in [1.807, 2.05) is 0 Å². The molecule has 0 N–H and O–H groups in total. The Morgan fingerprint density at radius 3 is 2.47 bits per heavy atom. The molecule has 0 spiro atoms. The first-order chi connectivity index (χ1) is 7.07. The monoisotopic (exact) mass is 283 g/mol. The maximum atomic E-state index is 3.53. The van der Waals surface area contributed by atoms with Crippen molar-refractivity contribution < 1.29 is 0 Å². The van der Waals surface area contributed by atoms with Crippen LogP contribution in [0.15, 0.2) is 28.7 Å². The van der Waals surface area contributed by atoms with Gasteiger partial charge in [0.1, 0.15) is 0 Å². The van der Waals surface area contributed by atoms with E-state index in [4.69, 9.17) is 0 Å². The number of halogens is 1. The van der Waals surface area contributed by atoms with Crippen LogP contribution in [0.1, 0.15) is 0 Å². The Morgan fingerprint density at radius 2 is 1.87 bits per heavy atom. The minimum absolute atomic E-state index is 0.832. The van der Waals surface area contributed by atoms with Crippen molar-refractivity contribution in [2.45, 2.75) is 25.2 Å². The van der Waals surface area contributed by atoms with Crippen LogP contribution in [0.5, 0.6) is 0 Å². The van der Waals surface area contributed by atoms with E-state index in [9.17, 15) is 0 Å². The van der Waals surface area contributed by atoms with Gasteiger partial charge in [0, 0.05) is 23.2 Å². The summed E-state index contributed by atoms with van der Waals surface area (Å²) in [6, 6.07) is 11.5. The molecule has 1 aromatic rings. The fraction of sp³-hybridized carbons (Fsp3) is 0.500. The molecule has 1 heterocycles. The number of anilines is 1. The van der Waals surface area contributed by atoms with Crippen molar-refractivity contribution in [3.8, 4) is 0 Å². The largest absolute Gasteiger partial charge is 0.372 e. The number of hydrogen-bond acceptors (Lipinski definition) is 1. The molecule has 0 aliphatic carbocycles. The van der Waals surface area contributed by atoms with Crippen LogP contribution in [-0.2, 0) is 0 Å². The number of nitrogens with zero attached hydrogens (tertiary/aromatic N) is 1. The molecule has 1 fully saturated rings. The molecule has 15 heavy (non-hydrogen) atoms. The van der Waals surface area contributed by atoms with Crippen molar-refractivity contribution in [1.29, 1.82) is 0 Å². The fourth-order valence-corrected chi connectivity index (χ4v) is 4.43. The van der Waals surface area contributed by atoms with E-state index in [1.165, 1.54) is 35.3 Å². The molecule has 1 aliphatic heterocycles. The van der Waals surface area contributed by atoms with Gasteiger partial charge in [-0.15, -0.1) is 0 Å². The minimum Gasteiger partial charge on any atom is -0.372 e. The number of rotatable bonds is 1. The molecule has 1 aliphatic rings. The predicted octanol–water partition coefficient (Wildman–Crippen LogP) is 3.98. The summed E-state index contributed by atoms with van der Waals surface area (Å²) in [6.45, 7) is 7.50. The quantitative estimate of drug-likeness (QED) is 0.705. The van der Waals surface area contributed by atoms with Gasteiger partial charge in [-0.05, 0) is 30.3 Å². The first-order valence-electron chi connectivity index (χ1n) is 5.57. The first kappa shape index (κ1) is 11.2. The van der Waals surface area contributed by atoms with E-state index >= 15 is 0 Å². The molecule has 0 aromatic heterocycles. The molecular weight excluding hydrogens is 266 g/mol. The van der Waals surface area contributed by atoms with Gasteiger partial charge in [0.2, 0.25) is 0 Å². The molecule has 1 aromatic carbocycles. The Kier molecular flexibility index (Phi) is 3.21. The zero-order valence-electron chi connectivity index (χ0n) is 9.46.